The molecule has 1 rings (SSSR count). The SMILES string of the molecule is COc1ccccc1C=CC(C)=O. The summed E-state index contributed by atoms with van der Waals surface area (Å²) in [5.41, 5.74) is 0.917. The topological polar surface area (TPSA) is 26.3 Å². The Bertz CT molecular complexity index is 327. The van der Waals surface area contributed by atoms with E-state index in [0.717, 1.165) is 11.3 Å². The summed E-state index contributed by atoms with van der Waals surface area (Å²) in [4.78, 5) is 10.7. The summed E-state index contributed by atoms with van der Waals surface area (Å²) in [7, 11) is 1.61. The van der Waals surface area contributed by atoms with Crippen molar-refractivity contribution in [3.05, 3.63) is 35.9 Å². The van der Waals surface area contributed by atoms with Crippen LogP contribution in [0.3, 0.4) is 0 Å². The van der Waals surface area contributed by atoms with Crippen molar-refractivity contribution in [3.63, 3.8) is 0 Å². The number of hydrogen-bond acceptors (Lipinski definition) is 2. The first-order chi connectivity index (χ1) is 6.24. The first-order valence-corrected chi connectivity index (χ1v) is 4.05. The van der Waals surface area contributed by atoms with E-state index in [1.807, 2.05) is 24.3 Å². The smallest absolute Gasteiger partial charge is 0.152 e. The van der Waals surface area contributed by atoms with E-state index in [2.05, 4.69) is 0 Å². The highest BCUT2D eigenvalue weighted by Crippen LogP contribution is 2.18. The Morgan fingerprint density at radius 3 is 2.69 bits per heavy atom. The van der Waals surface area contributed by atoms with Crippen LogP contribution in [0.15, 0.2) is 30.3 Å². The summed E-state index contributed by atoms with van der Waals surface area (Å²) in [6, 6.07) is 7.56. The van der Waals surface area contributed by atoms with Gasteiger partial charge in [0, 0.05) is 5.56 Å². The molecule has 0 saturated carbocycles. The normalized spacial score (nSPS) is 10.3. The molecule has 0 aliphatic heterocycles. The Balaban J connectivity index is 2.93. The summed E-state index contributed by atoms with van der Waals surface area (Å²) < 4.78 is 5.12. The number of ether oxygens (including phenoxy) is 1. The summed E-state index contributed by atoms with van der Waals surface area (Å²) >= 11 is 0. The highest BCUT2D eigenvalue weighted by Gasteiger charge is 1.96. The van der Waals surface area contributed by atoms with Crippen molar-refractivity contribution in [2.24, 2.45) is 0 Å². The summed E-state index contributed by atoms with van der Waals surface area (Å²) in [5.74, 6) is 0.811. The number of rotatable bonds is 3. The monoisotopic (exact) mass is 176 g/mol. The maximum absolute atomic E-state index is 10.7. The van der Waals surface area contributed by atoms with E-state index in [9.17, 15) is 4.79 Å². The fraction of sp³-hybridized carbons (Fsp3) is 0.182. The molecule has 0 aliphatic carbocycles. The molecule has 0 atom stereocenters. The van der Waals surface area contributed by atoms with Gasteiger partial charge < -0.3 is 4.74 Å². The Morgan fingerprint density at radius 1 is 1.38 bits per heavy atom. The lowest BCUT2D eigenvalue weighted by molar-refractivity contribution is -0.112. The van der Waals surface area contributed by atoms with Gasteiger partial charge in [-0.25, -0.2) is 0 Å². The minimum Gasteiger partial charge on any atom is -0.496 e. The lowest BCUT2D eigenvalue weighted by atomic mass is 10.2. The third-order valence-corrected chi connectivity index (χ3v) is 1.64. The highest BCUT2D eigenvalue weighted by atomic mass is 16.5. The molecule has 0 unspecified atom stereocenters. The van der Waals surface area contributed by atoms with E-state index in [4.69, 9.17) is 4.74 Å². The minimum atomic E-state index is 0.0332. The highest BCUT2D eigenvalue weighted by molar-refractivity contribution is 5.91. The lowest BCUT2D eigenvalue weighted by Gasteiger charge is -2.02. The van der Waals surface area contributed by atoms with Gasteiger partial charge in [0.2, 0.25) is 0 Å². The summed E-state index contributed by atoms with van der Waals surface area (Å²) in [5, 5.41) is 0. The maximum Gasteiger partial charge on any atom is 0.152 e. The predicted octanol–water partition coefficient (Wildman–Crippen LogP) is 2.30. The molecular formula is C11H12O2. The molecule has 0 fully saturated rings. The van der Waals surface area contributed by atoms with Crippen molar-refractivity contribution in [2.75, 3.05) is 7.11 Å². The van der Waals surface area contributed by atoms with E-state index >= 15 is 0 Å². The molecule has 1 aromatic rings. The van der Waals surface area contributed by atoms with Crippen molar-refractivity contribution in [1.29, 1.82) is 0 Å². The molecule has 0 radical (unpaired) electrons. The van der Waals surface area contributed by atoms with Crippen LogP contribution >= 0.6 is 0 Å². The lowest BCUT2D eigenvalue weighted by Crippen LogP contribution is -1.86. The zero-order valence-electron chi connectivity index (χ0n) is 7.78. The second kappa shape index (κ2) is 4.45. The van der Waals surface area contributed by atoms with Gasteiger partial charge in [-0.3, -0.25) is 4.79 Å². The van der Waals surface area contributed by atoms with E-state index < -0.39 is 0 Å². The molecule has 13 heavy (non-hydrogen) atoms. The summed E-state index contributed by atoms with van der Waals surface area (Å²) in [6.07, 6.45) is 3.28. The molecule has 0 aliphatic rings. The average Bonchev–Trinajstić information content (AvgIpc) is 2.15. The van der Waals surface area contributed by atoms with E-state index in [1.165, 1.54) is 13.0 Å². The number of carbonyl (C=O) groups excluding carboxylic acids is 1. The first-order valence-electron chi connectivity index (χ1n) is 4.05. The number of ketones is 1. The molecule has 0 aromatic heterocycles. The maximum atomic E-state index is 10.7. The van der Waals surface area contributed by atoms with Gasteiger partial charge in [0.05, 0.1) is 7.11 Å². The number of carbonyl (C=O) groups is 1. The van der Waals surface area contributed by atoms with Crippen LogP contribution in [0, 0.1) is 0 Å². The molecule has 68 valence electrons. The van der Waals surface area contributed by atoms with Gasteiger partial charge >= 0.3 is 0 Å². The molecule has 0 amide bonds. The van der Waals surface area contributed by atoms with Crippen molar-refractivity contribution in [2.45, 2.75) is 6.92 Å². The van der Waals surface area contributed by atoms with Crippen LogP contribution in [-0.2, 0) is 4.79 Å². The van der Waals surface area contributed by atoms with Gasteiger partial charge in [-0.05, 0) is 25.1 Å². The van der Waals surface area contributed by atoms with Gasteiger partial charge in [-0.1, -0.05) is 18.2 Å². The van der Waals surface area contributed by atoms with Gasteiger partial charge in [0.25, 0.3) is 0 Å². The predicted molar refractivity (Wildman–Crippen MR) is 52.7 cm³/mol. The van der Waals surface area contributed by atoms with Crippen LogP contribution in [0.4, 0.5) is 0 Å². The van der Waals surface area contributed by atoms with E-state index in [0.29, 0.717) is 0 Å². The van der Waals surface area contributed by atoms with E-state index in [-0.39, 0.29) is 5.78 Å². The molecule has 1 aromatic carbocycles. The molecule has 2 heteroatoms. The Labute approximate surface area is 77.8 Å². The van der Waals surface area contributed by atoms with Crippen LogP contribution in [0.25, 0.3) is 6.08 Å². The van der Waals surface area contributed by atoms with Gasteiger partial charge in [0.1, 0.15) is 5.75 Å². The number of methoxy groups -OCH3 is 1. The third-order valence-electron chi connectivity index (χ3n) is 1.64. The van der Waals surface area contributed by atoms with Crippen molar-refractivity contribution < 1.29 is 9.53 Å². The molecule has 0 heterocycles. The van der Waals surface area contributed by atoms with Crippen molar-refractivity contribution >= 4 is 11.9 Å². The fourth-order valence-electron chi connectivity index (χ4n) is 1.01. The van der Waals surface area contributed by atoms with Gasteiger partial charge in [0.15, 0.2) is 5.78 Å². The largest absolute Gasteiger partial charge is 0.496 e. The quantitative estimate of drug-likeness (QED) is 0.660. The van der Waals surface area contributed by atoms with Gasteiger partial charge in [-0.15, -0.1) is 0 Å². The molecule has 0 bridgehead atoms. The summed E-state index contributed by atoms with van der Waals surface area (Å²) in [6.45, 7) is 1.52. The van der Waals surface area contributed by atoms with Crippen LogP contribution < -0.4 is 4.74 Å². The molecule has 0 N–H and O–H groups in total. The van der Waals surface area contributed by atoms with Crippen molar-refractivity contribution in [1.82, 2.24) is 0 Å². The minimum absolute atomic E-state index is 0.0332. The van der Waals surface area contributed by atoms with E-state index in [1.54, 1.807) is 13.2 Å². The second-order valence-corrected chi connectivity index (χ2v) is 2.69. The van der Waals surface area contributed by atoms with Crippen LogP contribution in [0.1, 0.15) is 12.5 Å². The molecule has 0 saturated heterocycles. The number of benzene rings is 1. The number of para-hydroxylation sites is 1. The number of hydrogen-bond donors (Lipinski definition) is 0. The fourth-order valence-corrected chi connectivity index (χ4v) is 1.01. The number of allylic oxidation sites excluding steroid dienone is 1. The van der Waals surface area contributed by atoms with Crippen LogP contribution in [0.2, 0.25) is 0 Å². The molecule has 0 spiro atoms. The molecular weight excluding hydrogens is 164 g/mol. The second-order valence-electron chi connectivity index (χ2n) is 2.69. The third kappa shape index (κ3) is 2.75. The van der Waals surface area contributed by atoms with Crippen LogP contribution in [0.5, 0.6) is 5.75 Å². The zero-order chi connectivity index (χ0) is 9.68. The van der Waals surface area contributed by atoms with Crippen LogP contribution in [-0.4, -0.2) is 12.9 Å². The first kappa shape index (κ1) is 9.52. The Kier molecular flexibility index (Phi) is 3.26. The van der Waals surface area contributed by atoms with Crippen molar-refractivity contribution in [3.8, 4) is 5.75 Å². The average molecular weight is 176 g/mol. The standard InChI is InChI=1S/C11H12O2/c1-9(12)7-8-10-5-3-4-6-11(10)13-2/h3-8H,1-2H3. The zero-order valence-corrected chi connectivity index (χ0v) is 7.78. The Morgan fingerprint density at radius 2 is 2.08 bits per heavy atom. The Hall–Kier alpha value is -1.57. The molecule has 2 nitrogen and oxygen atoms in total. The van der Waals surface area contributed by atoms with Gasteiger partial charge in [-0.2, -0.15) is 0 Å².